The van der Waals surface area contributed by atoms with Gasteiger partial charge in [-0.05, 0) is 17.3 Å². The van der Waals surface area contributed by atoms with Crippen LogP contribution in [0.1, 0.15) is 0 Å². The number of para-hydroxylation sites is 1. The summed E-state index contributed by atoms with van der Waals surface area (Å²) in [5, 5.41) is 12.3. The maximum Gasteiger partial charge on any atom is 0.151 e. The normalized spacial score (nSPS) is 11.1. The van der Waals surface area contributed by atoms with Crippen LogP contribution in [0, 0.1) is 0 Å². The van der Waals surface area contributed by atoms with Crippen molar-refractivity contribution in [3.05, 3.63) is 30.5 Å². The van der Waals surface area contributed by atoms with Gasteiger partial charge in [0.2, 0.25) is 0 Å². The van der Waals surface area contributed by atoms with E-state index in [2.05, 4.69) is 15.4 Å². The molecule has 0 N–H and O–H groups in total. The van der Waals surface area contributed by atoms with E-state index in [4.69, 9.17) is 4.42 Å². The largest absolute Gasteiger partial charge is 0.462 e. The van der Waals surface area contributed by atoms with E-state index in [9.17, 15) is 0 Å². The minimum absolute atomic E-state index is 0.693. The second-order valence-corrected chi connectivity index (χ2v) is 2.76. The summed E-state index contributed by atoms with van der Waals surface area (Å²) in [6, 6.07) is 7.69. The van der Waals surface area contributed by atoms with Crippen LogP contribution in [0.2, 0.25) is 0 Å². The molecule has 0 saturated heterocycles. The topological polar surface area (TPSA) is 51.8 Å². The summed E-state index contributed by atoms with van der Waals surface area (Å²) in [5.41, 5.74) is 2.29. The van der Waals surface area contributed by atoms with Crippen molar-refractivity contribution in [3.8, 4) is 11.4 Å². The Morgan fingerprint density at radius 1 is 1.08 bits per heavy atom. The first-order valence-electron chi connectivity index (χ1n) is 3.90. The third kappa shape index (κ3) is 0.823. The van der Waals surface area contributed by atoms with Crippen molar-refractivity contribution in [1.82, 2.24) is 15.4 Å². The van der Waals surface area contributed by atoms with Crippen molar-refractivity contribution in [1.29, 1.82) is 0 Å². The highest BCUT2D eigenvalue weighted by atomic mass is 16.3. The molecule has 2 aliphatic rings. The fraction of sp³-hybridized carbons (Fsp3) is 0. The van der Waals surface area contributed by atoms with E-state index in [0.29, 0.717) is 5.69 Å². The summed E-state index contributed by atoms with van der Waals surface area (Å²) >= 11 is 0. The van der Waals surface area contributed by atoms with Crippen molar-refractivity contribution < 1.29 is 4.42 Å². The van der Waals surface area contributed by atoms with Crippen LogP contribution >= 0.6 is 0 Å². The zero-order valence-electron chi connectivity index (χ0n) is 6.64. The second-order valence-electron chi connectivity index (χ2n) is 2.76. The van der Waals surface area contributed by atoms with Crippen LogP contribution in [0.4, 0.5) is 0 Å². The maximum absolute atomic E-state index is 5.34. The zero-order chi connectivity index (χ0) is 8.67. The summed E-state index contributed by atoms with van der Waals surface area (Å²) in [7, 11) is 0. The quantitative estimate of drug-likeness (QED) is 0.516. The van der Waals surface area contributed by atoms with Gasteiger partial charge < -0.3 is 4.42 Å². The van der Waals surface area contributed by atoms with Crippen LogP contribution in [0.15, 0.2) is 34.9 Å². The SMILES string of the molecule is c1ccc2c3nnnc-3coc2c1. The minimum atomic E-state index is 0.693. The summed E-state index contributed by atoms with van der Waals surface area (Å²) in [5.74, 6) is 0. The van der Waals surface area contributed by atoms with Crippen molar-refractivity contribution in [2.24, 2.45) is 0 Å². The maximum atomic E-state index is 5.34. The Bertz CT molecular complexity index is 531. The summed E-state index contributed by atoms with van der Waals surface area (Å²) in [6.07, 6.45) is 1.57. The van der Waals surface area contributed by atoms with Gasteiger partial charge in [0.05, 0.1) is 0 Å². The first-order chi connectivity index (χ1) is 6.45. The highest BCUT2D eigenvalue weighted by Crippen LogP contribution is 2.26. The van der Waals surface area contributed by atoms with Gasteiger partial charge in [-0.3, -0.25) is 0 Å². The molecule has 0 bridgehead atoms. The molecule has 0 atom stereocenters. The molecule has 0 unspecified atom stereocenters. The lowest BCUT2D eigenvalue weighted by atomic mass is 10.1. The second kappa shape index (κ2) is 2.26. The molecule has 13 heavy (non-hydrogen) atoms. The van der Waals surface area contributed by atoms with Gasteiger partial charge in [0, 0.05) is 5.39 Å². The van der Waals surface area contributed by atoms with Crippen molar-refractivity contribution in [3.63, 3.8) is 0 Å². The lowest BCUT2D eigenvalue weighted by molar-refractivity contribution is 0.603. The van der Waals surface area contributed by atoms with Gasteiger partial charge in [0.15, 0.2) is 5.69 Å². The molecule has 0 aromatic heterocycles. The Morgan fingerprint density at radius 2 is 2.00 bits per heavy atom. The van der Waals surface area contributed by atoms with Crippen molar-refractivity contribution >= 4 is 11.0 Å². The van der Waals surface area contributed by atoms with E-state index in [0.717, 1.165) is 16.7 Å². The molecule has 2 aliphatic heterocycles. The third-order valence-corrected chi connectivity index (χ3v) is 1.98. The number of nitrogens with zero attached hydrogens (tertiary/aromatic N) is 3. The predicted octanol–water partition coefficient (Wildman–Crippen LogP) is 1.72. The molecule has 0 fully saturated rings. The minimum Gasteiger partial charge on any atom is -0.462 e. The fourth-order valence-corrected chi connectivity index (χ4v) is 1.37. The van der Waals surface area contributed by atoms with Gasteiger partial charge in [0.1, 0.15) is 17.5 Å². The van der Waals surface area contributed by atoms with E-state index in [1.165, 1.54) is 0 Å². The lowest BCUT2D eigenvalue weighted by Crippen LogP contribution is -1.81. The Labute approximate surface area is 73.5 Å². The number of hydrogen-bond donors (Lipinski definition) is 0. The molecule has 0 amide bonds. The number of fused-ring (bicyclic) bond motifs is 3. The number of hydrogen-bond acceptors (Lipinski definition) is 4. The van der Waals surface area contributed by atoms with Gasteiger partial charge in [-0.25, -0.2) is 0 Å². The van der Waals surface area contributed by atoms with Crippen LogP contribution in [-0.2, 0) is 0 Å². The van der Waals surface area contributed by atoms with Crippen molar-refractivity contribution in [2.45, 2.75) is 0 Å². The van der Waals surface area contributed by atoms with Gasteiger partial charge >= 0.3 is 0 Å². The molecular weight excluding hydrogens is 166 g/mol. The summed E-state index contributed by atoms with van der Waals surface area (Å²) in [4.78, 5) is 0. The standard InChI is InChI=1S/C9H5N3O/c1-2-4-8-6(3-1)9-7(5-13-8)10-12-11-9/h1-5H. The fourth-order valence-electron chi connectivity index (χ4n) is 1.37. The summed E-state index contributed by atoms with van der Waals surface area (Å²) < 4.78 is 5.34. The van der Waals surface area contributed by atoms with Crippen LogP contribution < -0.4 is 0 Å². The highest BCUT2D eigenvalue weighted by molar-refractivity contribution is 5.90. The Balaban J connectivity index is 2.57. The lowest BCUT2D eigenvalue weighted by Gasteiger charge is -1.98. The van der Waals surface area contributed by atoms with Crippen LogP contribution in [-0.4, -0.2) is 15.4 Å². The van der Waals surface area contributed by atoms with Gasteiger partial charge in [-0.15, -0.1) is 10.2 Å². The van der Waals surface area contributed by atoms with E-state index >= 15 is 0 Å². The Kier molecular flexibility index (Phi) is 1.14. The van der Waals surface area contributed by atoms with Crippen molar-refractivity contribution in [2.75, 3.05) is 0 Å². The van der Waals surface area contributed by atoms with Crippen LogP contribution in [0.3, 0.4) is 0 Å². The monoisotopic (exact) mass is 171 g/mol. The average Bonchev–Trinajstić information content (AvgIpc) is 2.65. The molecule has 62 valence electrons. The first-order valence-corrected chi connectivity index (χ1v) is 3.90. The van der Waals surface area contributed by atoms with E-state index in [-0.39, 0.29) is 0 Å². The van der Waals surface area contributed by atoms with Crippen LogP contribution in [0.25, 0.3) is 22.4 Å². The molecule has 1 aromatic carbocycles. The van der Waals surface area contributed by atoms with E-state index in [1.807, 2.05) is 24.3 Å². The molecule has 0 saturated carbocycles. The molecule has 0 radical (unpaired) electrons. The molecule has 2 heterocycles. The first kappa shape index (κ1) is 6.54. The number of aromatic nitrogens is 3. The molecular formula is C9H5N3O. The van der Waals surface area contributed by atoms with E-state index < -0.39 is 0 Å². The van der Waals surface area contributed by atoms with E-state index in [1.54, 1.807) is 6.26 Å². The predicted molar refractivity (Wildman–Crippen MR) is 46.2 cm³/mol. The summed E-state index contributed by atoms with van der Waals surface area (Å²) in [6.45, 7) is 0. The number of rotatable bonds is 0. The average molecular weight is 171 g/mol. The Hall–Kier alpha value is -1.97. The van der Waals surface area contributed by atoms with Gasteiger partial charge in [-0.1, -0.05) is 12.1 Å². The molecule has 1 aromatic rings. The number of benzene rings is 1. The van der Waals surface area contributed by atoms with Crippen LogP contribution in [0.5, 0.6) is 0 Å². The smallest absolute Gasteiger partial charge is 0.151 e. The molecule has 4 heteroatoms. The molecule has 3 rings (SSSR count). The van der Waals surface area contributed by atoms with Gasteiger partial charge in [0.25, 0.3) is 0 Å². The molecule has 4 nitrogen and oxygen atoms in total. The molecule has 0 spiro atoms. The highest BCUT2D eigenvalue weighted by Gasteiger charge is 2.12. The van der Waals surface area contributed by atoms with Gasteiger partial charge in [-0.2, -0.15) is 0 Å². The Morgan fingerprint density at radius 3 is 3.00 bits per heavy atom. The zero-order valence-corrected chi connectivity index (χ0v) is 6.64. The third-order valence-electron chi connectivity index (χ3n) is 1.98. The molecule has 0 aliphatic carbocycles.